The van der Waals surface area contributed by atoms with Crippen LogP contribution in [0.1, 0.15) is 17.2 Å². The molecule has 0 aliphatic carbocycles. The zero-order valence-electron chi connectivity index (χ0n) is 10.8. The molecule has 0 spiro atoms. The first kappa shape index (κ1) is 12.7. The second-order valence-electron chi connectivity index (χ2n) is 4.16. The third kappa shape index (κ3) is 2.52. The molecule has 0 bridgehead atoms. The van der Waals surface area contributed by atoms with Crippen molar-refractivity contribution in [3.8, 4) is 6.07 Å². The molecule has 0 atom stereocenters. The van der Waals surface area contributed by atoms with Gasteiger partial charge in [-0.1, -0.05) is 30.3 Å². The van der Waals surface area contributed by atoms with E-state index in [0.29, 0.717) is 12.2 Å². The van der Waals surface area contributed by atoms with E-state index in [2.05, 4.69) is 20.2 Å². The lowest BCUT2D eigenvalue weighted by Crippen LogP contribution is -2.22. The summed E-state index contributed by atoms with van der Waals surface area (Å²) in [5.74, 6) is 0.313. The maximum absolute atomic E-state index is 12.1. The normalized spacial score (nSPS) is 10.2. The van der Waals surface area contributed by atoms with Crippen LogP contribution in [0.4, 0.5) is 4.79 Å². The Morgan fingerprint density at radius 1 is 1.29 bits per heavy atom. The quantitative estimate of drug-likeness (QED) is 0.689. The van der Waals surface area contributed by atoms with Crippen molar-refractivity contribution in [3.63, 3.8) is 0 Å². The van der Waals surface area contributed by atoms with E-state index in [1.807, 2.05) is 36.4 Å². The fraction of sp³-hybridized carbons (Fsp3) is 0.0769. The highest BCUT2D eigenvalue weighted by Crippen LogP contribution is 2.07. The van der Waals surface area contributed by atoms with Crippen molar-refractivity contribution >= 4 is 6.03 Å². The zero-order chi connectivity index (χ0) is 14.7. The minimum Gasteiger partial charge on any atom is -0.243 e. The summed E-state index contributed by atoms with van der Waals surface area (Å²) in [5, 5.41) is 16.9. The van der Waals surface area contributed by atoms with Crippen molar-refractivity contribution in [2.75, 3.05) is 0 Å². The van der Waals surface area contributed by atoms with Crippen LogP contribution in [0.25, 0.3) is 0 Å². The monoisotopic (exact) mass is 279 g/mol. The van der Waals surface area contributed by atoms with Gasteiger partial charge in [0.15, 0.2) is 5.82 Å². The molecular weight excluding hydrogens is 270 g/mol. The summed E-state index contributed by atoms with van der Waals surface area (Å²) in [6, 6.07) is 10.8. The predicted molar refractivity (Wildman–Crippen MR) is 70.2 cm³/mol. The van der Waals surface area contributed by atoms with Gasteiger partial charge in [-0.25, -0.2) is 14.8 Å². The Morgan fingerprint density at radius 2 is 2.10 bits per heavy atom. The molecule has 0 fully saturated rings. The van der Waals surface area contributed by atoms with Crippen LogP contribution in [0.3, 0.4) is 0 Å². The van der Waals surface area contributed by atoms with Gasteiger partial charge in [0.25, 0.3) is 0 Å². The molecule has 102 valence electrons. The fourth-order valence-corrected chi connectivity index (χ4v) is 1.82. The number of nitrogens with zero attached hydrogens (tertiary/aromatic N) is 7. The van der Waals surface area contributed by atoms with Crippen LogP contribution in [0.2, 0.25) is 0 Å². The van der Waals surface area contributed by atoms with Gasteiger partial charge in [-0.05, 0) is 5.56 Å². The Morgan fingerprint density at radius 3 is 2.76 bits per heavy atom. The second-order valence-corrected chi connectivity index (χ2v) is 4.16. The van der Waals surface area contributed by atoms with Gasteiger partial charge in [-0.2, -0.15) is 15.0 Å². The summed E-state index contributed by atoms with van der Waals surface area (Å²) in [6.45, 7) is 0. The molecule has 0 radical (unpaired) electrons. The number of carbonyl (C=O) groups is 1. The van der Waals surface area contributed by atoms with Crippen LogP contribution in [0.15, 0.2) is 43.0 Å². The summed E-state index contributed by atoms with van der Waals surface area (Å²) in [7, 11) is 0. The Labute approximate surface area is 119 Å². The van der Waals surface area contributed by atoms with E-state index in [1.54, 1.807) is 0 Å². The smallest absolute Gasteiger partial charge is 0.243 e. The Balaban J connectivity index is 1.92. The average Bonchev–Trinajstić information content (AvgIpc) is 3.17. The summed E-state index contributed by atoms with van der Waals surface area (Å²) in [6.07, 6.45) is 2.90. The molecule has 0 N–H and O–H groups in total. The molecular formula is C13H9N7O. The van der Waals surface area contributed by atoms with Crippen LogP contribution < -0.4 is 0 Å². The number of benzene rings is 1. The van der Waals surface area contributed by atoms with E-state index in [-0.39, 0.29) is 5.82 Å². The van der Waals surface area contributed by atoms with Gasteiger partial charge in [-0.3, -0.25) is 0 Å². The molecule has 8 heteroatoms. The molecule has 0 aliphatic heterocycles. The molecule has 0 unspecified atom stereocenters. The van der Waals surface area contributed by atoms with E-state index in [1.165, 1.54) is 12.7 Å². The minimum absolute atomic E-state index is 0.0820. The van der Waals surface area contributed by atoms with Crippen LogP contribution in [-0.2, 0) is 6.42 Å². The molecule has 2 heterocycles. The highest BCUT2D eigenvalue weighted by Gasteiger charge is 2.18. The fourth-order valence-electron chi connectivity index (χ4n) is 1.82. The van der Waals surface area contributed by atoms with Crippen LogP contribution >= 0.6 is 0 Å². The standard InChI is InChI=1S/C13H9N7O/c14-7-12-17-11(6-10-4-2-1-3-5-10)18-20(12)13(21)19-9-15-8-16-19/h1-5,8-9H,6H2. The second kappa shape index (κ2) is 5.34. The lowest BCUT2D eigenvalue weighted by molar-refractivity contribution is 0.237. The van der Waals surface area contributed by atoms with Gasteiger partial charge in [0.05, 0.1) is 0 Å². The first-order valence-electron chi connectivity index (χ1n) is 6.07. The molecule has 0 aliphatic rings. The van der Waals surface area contributed by atoms with Gasteiger partial charge in [0.1, 0.15) is 18.7 Å². The number of nitriles is 1. The molecule has 0 saturated carbocycles. The molecule has 3 aromatic rings. The van der Waals surface area contributed by atoms with E-state index in [4.69, 9.17) is 5.26 Å². The Hall–Kier alpha value is -3.34. The van der Waals surface area contributed by atoms with Gasteiger partial charge in [-0.15, -0.1) is 9.78 Å². The largest absolute Gasteiger partial charge is 0.373 e. The maximum atomic E-state index is 12.1. The molecule has 2 aromatic heterocycles. The van der Waals surface area contributed by atoms with Crippen molar-refractivity contribution in [2.24, 2.45) is 0 Å². The summed E-state index contributed by atoms with van der Waals surface area (Å²) in [4.78, 5) is 19.9. The topological polar surface area (TPSA) is 102 Å². The summed E-state index contributed by atoms with van der Waals surface area (Å²) < 4.78 is 1.91. The molecule has 0 amide bonds. The number of rotatable bonds is 2. The zero-order valence-corrected chi connectivity index (χ0v) is 10.8. The maximum Gasteiger partial charge on any atom is 0.373 e. The lowest BCUT2D eigenvalue weighted by atomic mass is 10.1. The third-order valence-corrected chi connectivity index (χ3v) is 2.75. The van der Waals surface area contributed by atoms with Crippen molar-refractivity contribution < 1.29 is 4.79 Å². The first-order chi connectivity index (χ1) is 10.3. The highest BCUT2D eigenvalue weighted by atomic mass is 16.2. The van der Waals surface area contributed by atoms with E-state index < -0.39 is 6.03 Å². The van der Waals surface area contributed by atoms with Crippen molar-refractivity contribution in [1.82, 2.24) is 29.5 Å². The lowest BCUT2D eigenvalue weighted by Gasteiger charge is -1.98. The number of aromatic nitrogens is 6. The van der Waals surface area contributed by atoms with Gasteiger partial charge < -0.3 is 0 Å². The van der Waals surface area contributed by atoms with E-state index in [9.17, 15) is 4.79 Å². The minimum atomic E-state index is -0.601. The third-order valence-electron chi connectivity index (χ3n) is 2.75. The van der Waals surface area contributed by atoms with Crippen LogP contribution in [0, 0.1) is 11.3 Å². The number of hydrogen-bond donors (Lipinski definition) is 0. The summed E-state index contributed by atoms with van der Waals surface area (Å²) >= 11 is 0. The van der Waals surface area contributed by atoms with E-state index >= 15 is 0 Å². The number of carbonyl (C=O) groups excluding carboxylic acids is 1. The number of hydrogen-bond acceptors (Lipinski definition) is 6. The van der Waals surface area contributed by atoms with Gasteiger partial charge >= 0.3 is 6.03 Å². The van der Waals surface area contributed by atoms with Crippen LogP contribution in [0.5, 0.6) is 0 Å². The van der Waals surface area contributed by atoms with Crippen molar-refractivity contribution in [2.45, 2.75) is 6.42 Å². The molecule has 21 heavy (non-hydrogen) atoms. The van der Waals surface area contributed by atoms with Gasteiger partial charge in [0, 0.05) is 6.42 Å². The summed E-state index contributed by atoms with van der Waals surface area (Å²) in [5.41, 5.74) is 0.993. The van der Waals surface area contributed by atoms with E-state index in [0.717, 1.165) is 14.9 Å². The van der Waals surface area contributed by atoms with Crippen molar-refractivity contribution in [3.05, 3.63) is 60.2 Å². The molecule has 1 aromatic carbocycles. The average molecular weight is 279 g/mol. The highest BCUT2D eigenvalue weighted by molar-refractivity contribution is 5.78. The molecule has 8 nitrogen and oxygen atoms in total. The molecule has 0 saturated heterocycles. The molecule has 3 rings (SSSR count). The SMILES string of the molecule is N#Cc1nc(Cc2ccccc2)nn1C(=O)n1cncn1. The van der Waals surface area contributed by atoms with Gasteiger partial charge in [0.2, 0.25) is 5.82 Å². The Kier molecular flexibility index (Phi) is 3.22. The first-order valence-corrected chi connectivity index (χ1v) is 6.07. The van der Waals surface area contributed by atoms with Crippen LogP contribution in [-0.4, -0.2) is 35.6 Å². The van der Waals surface area contributed by atoms with Crippen molar-refractivity contribution in [1.29, 1.82) is 5.26 Å². The Bertz CT molecular complexity index is 799. The predicted octanol–water partition coefficient (Wildman–Crippen LogP) is 0.848.